The molecule has 0 aliphatic carbocycles. The molecule has 0 saturated heterocycles. The molecule has 1 atom stereocenters. The largest absolute Gasteiger partial charge is 0.497 e. The van der Waals surface area contributed by atoms with Crippen molar-refractivity contribution in [2.24, 2.45) is 0 Å². The molecule has 2 heterocycles. The van der Waals surface area contributed by atoms with Crippen LogP contribution in [0.5, 0.6) is 5.75 Å². The molecule has 28 heavy (non-hydrogen) atoms. The second-order valence-electron chi connectivity index (χ2n) is 6.41. The van der Waals surface area contributed by atoms with Crippen LogP contribution in [0.3, 0.4) is 0 Å². The van der Waals surface area contributed by atoms with Gasteiger partial charge in [-0.2, -0.15) is 0 Å². The van der Waals surface area contributed by atoms with Crippen LogP contribution in [0.25, 0.3) is 0 Å². The summed E-state index contributed by atoms with van der Waals surface area (Å²) in [4.78, 5) is 12.5. The molecule has 0 fully saturated rings. The van der Waals surface area contributed by atoms with Gasteiger partial charge in [-0.3, -0.25) is 4.79 Å². The Bertz CT molecular complexity index is 987. The molecule has 1 amide bonds. The maximum Gasteiger partial charge on any atom is 0.274 e. The van der Waals surface area contributed by atoms with E-state index in [1.165, 1.54) is 0 Å². The number of nitrogens with one attached hydrogen (secondary N) is 1. The average molecular weight is 399 g/mol. The van der Waals surface area contributed by atoms with Crippen molar-refractivity contribution < 1.29 is 14.3 Å². The van der Waals surface area contributed by atoms with Crippen molar-refractivity contribution in [3.8, 4) is 5.75 Å². The fourth-order valence-electron chi connectivity index (χ4n) is 3.11. The number of carbonyl (C=O) groups is 1. The Balaban J connectivity index is 1.44. The number of amides is 1. The van der Waals surface area contributed by atoms with Gasteiger partial charge in [0.2, 0.25) is 0 Å². The van der Waals surface area contributed by atoms with Crippen LogP contribution in [-0.4, -0.2) is 28.0 Å². The highest BCUT2D eigenvalue weighted by Crippen LogP contribution is 2.28. The standard InChI is InChI=1S/C20H19ClN4O3/c1-27-15-8-6-13(7-9-15)18-11-25-17(12-28-18)19(23-24-25)20(26)22-10-14-4-2-3-5-16(14)21/h2-9,18H,10-12H2,1H3,(H,22,26). The number of methoxy groups -OCH3 is 1. The monoisotopic (exact) mass is 398 g/mol. The number of fused-ring (bicyclic) bond motifs is 1. The molecule has 0 saturated carbocycles. The molecule has 0 spiro atoms. The molecule has 1 unspecified atom stereocenters. The highest BCUT2D eigenvalue weighted by atomic mass is 35.5. The van der Waals surface area contributed by atoms with E-state index in [0.717, 1.165) is 16.9 Å². The highest BCUT2D eigenvalue weighted by Gasteiger charge is 2.27. The number of nitrogens with zero attached hydrogens (tertiary/aromatic N) is 3. The predicted octanol–water partition coefficient (Wildman–Crippen LogP) is 3.14. The number of carbonyl (C=O) groups excluding carboxylic acids is 1. The zero-order chi connectivity index (χ0) is 19.5. The molecule has 8 heteroatoms. The van der Waals surface area contributed by atoms with Gasteiger partial charge in [-0.1, -0.05) is 47.1 Å². The summed E-state index contributed by atoms with van der Waals surface area (Å²) in [6, 6.07) is 15.1. The second-order valence-corrected chi connectivity index (χ2v) is 6.82. The van der Waals surface area contributed by atoms with E-state index in [0.29, 0.717) is 23.8 Å². The summed E-state index contributed by atoms with van der Waals surface area (Å²) in [7, 11) is 1.63. The SMILES string of the molecule is COc1ccc(C2Cn3nnc(C(=O)NCc4ccccc4Cl)c3CO2)cc1. The smallest absolute Gasteiger partial charge is 0.274 e. The van der Waals surface area contributed by atoms with E-state index < -0.39 is 0 Å². The topological polar surface area (TPSA) is 78.3 Å². The maximum absolute atomic E-state index is 12.5. The van der Waals surface area contributed by atoms with Crippen molar-refractivity contribution >= 4 is 17.5 Å². The minimum atomic E-state index is -0.298. The van der Waals surface area contributed by atoms with Gasteiger partial charge >= 0.3 is 0 Å². The summed E-state index contributed by atoms with van der Waals surface area (Å²) in [6.45, 7) is 1.07. The summed E-state index contributed by atoms with van der Waals surface area (Å²) in [5, 5.41) is 11.6. The molecule has 0 bridgehead atoms. The Morgan fingerprint density at radius 3 is 2.82 bits per heavy atom. The second kappa shape index (κ2) is 8.00. The van der Waals surface area contributed by atoms with Gasteiger partial charge in [0.25, 0.3) is 5.91 Å². The third kappa shape index (κ3) is 3.72. The maximum atomic E-state index is 12.5. The van der Waals surface area contributed by atoms with Crippen molar-refractivity contribution in [1.29, 1.82) is 0 Å². The van der Waals surface area contributed by atoms with E-state index in [9.17, 15) is 4.79 Å². The Labute approximate surface area is 167 Å². The normalized spacial score (nSPS) is 15.7. The summed E-state index contributed by atoms with van der Waals surface area (Å²) in [5.74, 6) is 0.492. The first-order chi connectivity index (χ1) is 13.7. The third-order valence-corrected chi connectivity index (χ3v) is 5.07. The van der Waals surface area contributed by atoms with Crippen LogP contribution in [-0.2, 0) is 24.4 Å². The van der Waals surface area contributed by atoms with Crippen LogP contribution in [0.1, 0.15) is 33.4 Å². The zero-order valence-corrected chi connectivity index (χ0v) is 16.0. The molecule has 1 aliphatic heterocycles. The quantitative estimate of drug-likeness (QED) is 0.714. The van der Waals surface area contributed by atoms with Crippen molar-refractivity contribution in [2.75, 3.05) is 7.11 Å². The summed E-state index contributed by atoms with van der Waals surface area (Å²) >= 11 is 6.13. The summed E-state index contributed by atoms with van der Waals surface area (Å²) in [6.07, 6.45) is -0.154. The van der Waals surface area contributed by atoms with Gasteiger partial charge < -0.3 is 14.8 Å². The van der Waals surface area contributed by atoms with Crippen molar-refractivity contribution in [3.05, 3.63) is 76.1 Å². The van der Waals surface area contributed by atoms with Crippen LogP contribution in [0.15, 0.2) is 48.5 Å². The lowest BCUT2D eigenvalue weighted by Gasteiger charge is -2.24. The number of halogens is 1. The molecular formula is C20H19ClN4O3. The van der Waals surface area contributed by atoms with Gasteiger partial charge in [0.05, 0.1) is 26.0 Å². The van der Waals surface area contributed by atoms with Crippen molar-refractivity contribution in [3.63, 3.8) is 0 Å². The third-order valence-electron chi connectivity index (χ3n) is 4.70. The van der Waals surface area contributed by atoms with Crippen molar-refractivity contribution in [1.82, 2.24) is 20.3 Å². The Morgan fingerprint density at radius 1 is 1.29 bits per heavy atom. The van der Waals surface area contributed by atoms with E-state index in [2.05, 4.69) is 15.6 Å². The fraction of sp³-hybridized carbons (Fsp3) is 0.250. The lowest BCUT2D eigenvalue weighted by atomic mass is 10.1. The summed E-state index contributed by atoms with van der Waals surface area (Å²) < 4.78 is 12.9. The number of aromatic nitrogens is 3. The first kappa shape index (κ1) is 18.5. The van der Waals surface area contributed by atoms with E-state index in [-0.39, 0.29) is 24.3 Å². The Hall–Kier alpha value is -2.90. The van der Waals surface area contributed by atoms with Crippen LogP contribution in [0.2, 0.25) is 5.02 Å². The van der Waals surface area contributed by atoms with Crippen molar-refractivity contribution in [2.45, 2.75) is 25.8 Å². The lowest BCUT2D eigenvalue weighted by molar-refractivity contribution is -0.00179. The van der Waals surface area contributed by atoms with Crippen LogP contribution in [0, 0.1) is 0 Å². The number of ether oxygens (including phenoxy) is 2. The lowest BCUT2D eigenvalue weighted by Crippen LogP contribution is -2.27. The molecule has 2 aromatic carbocycles. The van der Waals surface area contributed by atoms with Gasteiger partial charge in [-0.25, -0.2) is 4.68 Å². The number of rotatable bonds is 5. The highest BCUT2D eigenvalue weighted by molar-refractivity contribution is 6.31. The summed E-state index contributed by atoms with van der Waals surface area (Å²) in [5.41, 5.74) is 2.81. The Morgan fingerprint density at radius 2 is 2.07 bits per heavy atom. The van der Waals surface area contributed by atoms with E-state index >= 15 is 0 Å². The van der Waals surface area contributed by atoms with Crippen LogP contribution < -0.4 is 10.1 Å². The fourth-order valence-corrected chi connectivity index (χ4v) is 3.31. The van der Waals surface area contributed by atoms with Crippen LogP contribution >= 0.6 is 11.6 Å². The van der Waals surface area contributed by atoms with Crippen LogP contribution in [0.4, 0.5) is 0 Å². The predicted molar refractivity (Wildman–Crippen MR) is 103 cm³/mol. The number of hydrogen-bond donors (Lipinski definition) is 1. The average Bonchev–Trinajstić information content (AvgIpc) is 3.16. The molecule has 144 valence electrons. The minimum absolute atomic E-state index is 0.154. The first-order valence-corrected chi connectivity index (χ1v) is 9.23. The molecule has 1 N–H and O–H groups in total. The molecule has 1 aromatic heterocycles. The van der Waals surface area contributed by atoms with Gasteiger partial charge in [-0.15, -0.1) is 5.10 Å². The zero-order valence-electron chi connectivity index (χ0n) is 15.3. The van der Waals surface area contributed by atoms with E-state index in [4.69, 9.17) is 21.1 Å². The molecular weight excluding hydrogens is 380 g/mol. The molecule has 3 aromatic rings. The molecule has 7 nitrogen and oxygen atoms in total. The number of benzene rings is 2. The Kier molecular flexibility index (Phi) is 5.27. The van der Waals surface area contributed by atoms with Gasteiger partial charge in [0.1, 0.15) is 11.9 Å². The first-order valence-electron chi connectivity index (χ1n) is 8.85. The van der Waals surface area contributed by atoms with Gasteiger partial charge in [0, 0.05) is 11.6 Å². The molecule has 0 radical (unpaired) electrons. The molecule has 1 aliphatic rings. The number of hydrogen-bond acceptors (Lipinski definition) is 5. The van der Waals surface area contributed by atoms with Gasteiger partial charge in [0.15, 0.2) is 5.69 Å². The van der Waals surface area contributed by atoms with E-state index in [1.54, 1.807) is 17.9 Å². The van der Waals surface area contributed by atoms with Gasteiger partial charge in [-0.05, 0) is 29.3 Å². The minimum Gasteiger partial charge on any atom is -0.497 e. The molecule has 4 rings (SSSR count). The van der Waals surface area contributed by atoms with E-state index in [1.807, 2.05) is 42.5 Å².